The van der Waals surface area contributed by atoms with E-state index in [0.717, 1.165) is 18.8 Å². The highest BCUT2D eigenvalue weighted by molar-refractivity contribution is 7.15. The van der Waals surface area contributed by atoms with Gasteiger partial charge in [0.1, 0.15) is 0 Å². The predicted molar refractivity (Wildman–Crippen MR) is 76.8 cm³/mol. The molecule has 0 saturated heterocycles. The van der Waals surface area contributed by atoms with Crippen LogP contribution in [0, 0.1) is 0 Å². The number of rotatable bonds is 2. The number of urea groups is 1. The Morgan fingerprint density at radius 3 is 3.05 bits per heavy atom. The van der Waals surface area contributed by atoms with Crippen LogP contribution in [-0.2, 0) is 13.1 Å². The van der Waals surface area contributed by atoms with Crippen molar-refractivity contribution >= 4 is 39.8 Å². The van der Waals surface area contributed by atoms with Gasteiger partial charge in [0, 0.05) is 28.7 Å². The van der Waals surface area contributed by atoms with Gasteiger partial charge in [-0.1, -0.05) is 29.0 Å². The Bertz CT molecular complexity index is 606. The zero-order valence-electron chi connectivity index (χ0n) is 9.87. The quantitative estimate of drug-likeness (QED) is 0.797. The fourth-order valence-electron chi connectivity index (χ4n) is 1.83. The summed E-state index contributed by atoms with van der Waals surface area (Å²) in [5.74, 6) is 0. The molecule has 2 amide bonds. The Morgan fingerprint density at radius 1 is 1.37 bits per heavy atom. The van der Waals surface area contributed by atoms with Crippen molar-refractivity contribution in [1.29, 1.82) is 0 Å². The van der Waals surface area contributed by atoms with Gasteiger partial charge in [-0.15, -0.1) is 0 Å². The van der Waals surface area contributed by atoms with Crippen molar-refractivity contribution in [3.8, 4) is 0 Å². The van der Waals surface area contributed by atoms with Gasteiger partial charge in [-0.05, 0) is 18.2 Å². The van der Waals surface area contributed by atoms with Gasteiger partial charge >= 0.3 is 6.03 Å². The third-order valence-electron chi connectivity index (χ3n) is 2.66. The van der Waals surface area contributed by atoms with Gasteiger partial charge in [-0.3, -0.25) is 5.32 Å². The summed E-state index contributed by atoms with van der Waals surface area (Å²) in [5.41, 5.74) is 1.67. The molecule has 1 aromatic carbocycles. The summed E-state index contributed by atoms with van der Waals surface area (Å²) in [5, 5.41) is 9.83. The lowest BCUT2D eigenvalue weighted by molar-refractivity contribution is 0.262. The highest BCUT2D eigenvalue weighted by Crippen LogP contribution is 2.26. The maximum Gasteiger partial charge on any atom is 0.325 e. The molecule has 2 heterocycles. The number of amides is 2. The number of nitrogens with one attached hydrogen (secondary N) is 3. The summed E-state index contributed by atoms with van der Waals surface area (Å²) in [6, 6.07) is 6.68. The standard InChI is InChI=1S/C12H11ClN4OS/c13-7-2-1-3-8(4-7)15-11(18)17-12-16-9-5-14-6-10(9)19-12/h1-4,14H,5-6H2,(H2,15,16,17,18). The number of nitrogens with zero attached hydrogens (tertiary/aromatic N) is 1. The number of carbonyl (C=O) groups excluding carboxylic acids is 1. The van der Waals surface area contributed by atoms with E-state index < -0.39 is 0 Å². The van der Waals surface area contributed by atoms with Crippen molar-refractivity contribution in [1.82, 2.24) is 10.3 Å². The molecule has 5 nitrogen and oxygen atoms in total. The van der Waals surface area contributed by atoms with Crippen molar-refractivity contribution in [3.63, 3.8) is 0 Å². The van der Waals surface area contributed by atoms with E-state index in [2.05, 4.69) is 20.9 Å². The SMILES string of the molecule is O=C(Nc1cccc(Cl)c1)Nc1nc2c(s1)CNC2. The van der Waals surface area contributed by atoms with E-state index >= 15 is 0 Å². The number of halogens is 1. The highest BCUT2D eigenvalue weighted by atomic mass is 35.5. The molecule has 0 unspecified atom stereocenters. The molecule has 0 bridgehead atoms. The minimum atomic E-state index is -0.317. The fraction of sp³-hybridized carbons (Fsp3) is 0.167. The topological polar surface area (TPSA) is 66.0 Å². The molecule has 3 rings (SSSR count). The number of fused-ring (bicyclic) bond motifs is 1. The summed E-state index contributed by atoms with van der Waals surface area (Å²) in [4.78, 5) is 17.3. The summed E-state index contributed by atoms with van der Waals surface area (Å²) in [6.07, 6.45) is 0. The second-order valence-corrected chi connectivity index (χ2v) is 5.60. The molecule has 2 aromatic rings. The molecular weight excluding hydrogens is 284 g/mol. The zero-order valence-corrected chi connectivity index (χ0v) is 11.4. The van der Waals surface area contributed by atoms with Crippen molar-refractivity contribution in [2.75, 3.05) is 10.6 Å². The van der Waals surface area contributed by atoms with E-state index in [-0.39, 0.29) is 6.03 Å². The first-order chi connectivity index (χ1) is 9.20. The molecule has 3 N–H and O–H groups in total. The monoisotopic (exact) mass is 294 g/mol. The Morgan fingerprint density at radius 2 is 2.26 bits per heavy atom. The number of aromatic nitrogens is 1. The van der Waals surface area contributed by atoms with Crippen LogP contribution in [-0.4, -0.2) is 11.0 Å². The van der Waals surface area contributed by atoms with Gasteiger partial charge in [0.2, 0.25) is 0 Å². The minimum absolute atomic E-state index is 0.317. The van der Waals surface area contributed by atoms with Crippen molar-refractivity contribution in [2.24, 2.45) is 0 Å². The lowest BCUT2D eigenvalue weighted by Gasteiger charge is -2.05. The lowest BCUT2D eigenvalue weighted by atomic mass is 10.3. The molecule has 0 saturated carbocycles. The zero-order chi connectivity index (χ0) is 13.2. The molecule has 0 radical (unpaired) electrons. The van der Waals surface area contributed by atoms with E-state index in [1.807, 2.05) is 0 Å². The first-order valence-electron chi connectivity index (χ1n) is 5.73. The lowest BCUT2D eigenvalue weighted by Crippen LogP contribution is -2.19. The molecule has 1 aromatic heterocycles. The van der Waals surface area contributed by atoms with Crippen molar-refractivity contribution in [2.45, 2.75) is 13.1 Å². The average molecular weight is 295 g/mol. The van der Waals surface area contributed by atoms with Crippen LogP contribution >= 0.6 is 22.9 Å². The van der Waals surface area contributed by atoms with Crippen LogP contribution in [0.25, 0.3) is 0 Å². The molecule has 0 fully saturated rings. The second kappa shape index (κ2) is 5.16. The van der Waals surface area contributed by atoms with Gasteiger partial charge < -0.3 is 10.6 Å². The maximum atomic E-state index is 11.8. The third-order valence-corrected chi connectivity index (χ3v) is 3.91. The Hall–Kier alpha value is -1.63. The van der Waals surface area contributed by atoms with Crippen LogP contribution < -0.4 is 16.0 Å². The number of anilines is 2. The number of hydrogen-bond acceptors (Lipinski definition) is 4. The van der Waals surface area contributed by atoms with Gasteiger partial charge in [-0.2, -0.15) is 0 Å². The molecule has 0 aliphatic carbocycles. The fourth-order valence-corrected chi connectivity index (χ4v) is 2.97. The molecule has 98 valence electrons. The normalized spacial score (nSPS) is 13.1. The van der Waals surface area contributed by atoms with Crippen LogP contribution in [0.5, 0.6) is 0 Å². The van der Waals surface area contributed by atoms with E-state index in [1.165, 1.54) is 16.2 Å². The molecule has 1 aliphatic heterocycles. The van der Waals surface area contributed by atoms with Crippen LogP contribution in [0.4, 0.5) is 15.6 Å². The third kappa shape index (κ3) is 2.86. The van der Waals surface area contributed by atoms with Gasteiger partial charge in [0.15, 0.2) is 5.13 Å². The summed E-state index contributed by atoms with van der Waals surface area (Å²) >= 11 is 7.34. The van der Waals surface area contributed by atoms with Crippen LogP contribution in [0.1, 0.15) is 10.6 Å². The van der Waals surface area contributed by atoms with Crippen molar-refractivity contribution in [3.05, 3.63) is 39.9 Å². The summed E-state index contributed by atoms with van der Waals surface area (Å²) in [6.45, 7) is 1.59. The molecule has 1 aliphatic rings. The Labute approximate surface area is 119 Å². The number of carbonyl (C=O) groups is 1. The van der Waals surface area contributed by atoms with E-state index in [1.54, 1.807) is 24.3 Å². The van der Waals surface area contributed by atoms with E-state index in [4.69, 9.17) is 11.6 Å². The Kier molecular flexibility index (Phi) is 3.37. The summed E-state index contributed by atoms with van der Waals surface area (Å²) < 4.78 is 0. The molecular formula is C12H11ClN4OS. The van der Waals surface area contributed by atoms with Gasteiger partial charge in [-0.25, -0.2) is 9.78 Å². The number of hydrogen-bond donors (Lipinski definition) is 3. The maximum absolute atomic E-state index is 11.8. The van der Waals surface area contributed by atoms with Crippen molar-refractivity contribution < 1.29 is 4.79 Å². The molecule has 0 atom stereocenters. The summed E-state index contributed by atoms with van der Waals surface area (Å²) in [7, 11) is 0. The second-order valence-electron chi connectivity index (χ2n) is 4.08. The van der Waals surface area contributed by atoms with Crippen LogP contribution in [0.2, 0.25) is 5.02 Å². The molecule has 7 heteroatoms. The Balaban J connectivity index is 1.64. The number of benzene rings is 1. The van der Waals surface area contributed by atoms with Gasteiger partial charge in [0.25, 0.3) is 0 Å². The first kappa shape index (κ1) is 12.4. The molecule has 19 heavy (non-hydrogen) atoms. The number of thiazole rings is 1. The minimum Gasteiger partial charge on any atom is -0.308 e. The van der Waals surface area contributed by atoms with E-state index in [9.17, 15) is 4.79 Å². The first-order valence-corrected chi connectivity index (χ1v) is 6.93. The highest BCUT2D eigenvalue weighted by Gasteiger charge is 2.17. The van der Waals surface area contributed by atoms with Gasteiger partial charge in [0.05, 0.1) is 5.69 Å². The predicted octanol–water partition coefficient (Wildman–Crippen LogP) is 3.04. The smallest absolute Gasteiger partial charge is 0.308 e. The largest absolute Gasteiger partial charge is 0.325 e. The van der Waals surface area contributed by atoms with Crippen LogP contribution in [0.15, 0.2) is 24.3 Å². The van der Waals surface area contributed by atoms with Crippen LogP contribution in [0.3, 0.4) is 0 Å². The van der Waals surface area contributed by atoms with E-state index in [0.29, 0.717) is 15.8 Å². The average Bonchev–Trinajstić information content (AvgIpc) is 2.89. The molecule has 0 spiro atoms.